The molecule has 0 spiro atoms. The Balaban J connectivity index is 1.85. The fourth-order valence-electron chi connectivity index (χ4n) is 6.54. The molecule has 5 atom stereocenters. The number of ketones is 2. The minimum absolute atomic E-state index is 0.00932. The number of primary amides is 1. The van der Waals surface area contributed by atoms with Gasteiger partial charge in [0, 0.05) is 35.2 Å². The Kier molecular flexibility index (Phi) is 7.18. The lowest BCUT2D eigenvalue weighted by Crippen LogP contribution is -2.63. The first-order valence-electron chi connectivity index (χ1n) is 13.2. The van der Waals surface area contributed by atoms with Crippen LogP contribution in [0.3, 0.4) is 0 Å². The van der Waals surface area contributed by atoms with E-state index in [1.54, 1.807) is 14.1 Å². The lowest BCUT2D eigenvalue weighted by molar-refractivity contribution is -0.148. The summed E-state index contributed by atoms with van der Waals surface area (Å²) in [4.78, 5) is 42.5. The number of aromatic hydroxyl groups is 1. The Hall–Kier alpha value is -3.28. The first-order valence-corrected chi connectivity index (χ1v) is 13.2. The number of allylic oxidation sites excluding steroid dienone is 1. The van der Waals surface area contributed by atoms with E-state index in [4.69, 9.17) is 5.73 Å². The molecule has 4 rings (SSSR count). The summed E-state index contributed by atoms with van der Waals surface area (Å²) in [6.45, 7) is 8.38. The van der Waals surface area contributed by atoms with E-state index >= 15 is 4.39 Å². The molecule has 3 aliphatic carbocycles. The predicted molar refractivity (Wildman–Crippen MR) is 144 cm³/mol. The Labute approximate surface area is 232 Å². The van der Waals surface area contributed by atoms with Gasteiger partial charge in [0.1, 0.15) is 28.7 Å². The molecule has 6 N–H and O–H groups in total. The minimum Gasteiger partial charge on any atom is -0.510 e. The molecule has 0 saturated carbocycles. The van der Waals surface area contributed by atoms with Crippen molar-refractivity contribution in [3.63, 3.8) is 0 Å². The molecule has 0 aliphatic heterocycles. The molecule has 0 bridgehead atoms. The third kappa shape index (κ3) is 4.22. The van der Waals surface area contributed by atoms with E-state index in [2.05, 4.69) is 20.8 Å². The molecule has 0 fully saturated rings. The number of halogens is 1. The highest BCUT2D eigenvalue weighted by atomic mass is 19.1. The van der Waals surface area contributed by atoms with Gasteiger partial charge in [-0.3, -0.25) is 24.2 Å². The standard InChI is InChI=1S/C29H38FN3O7/c1-12(28(2,3)4)33(7)11-14-10-17(34)19-15(21(14)30)8-13-9-16-22(32(5)6)24(36)20(27(31)39)26(38)29(16,40)25(37)18(13)23(19)35/h10,12-13,16,22,34,36-37,40H,8-9,11H2,1-7H3,(H2,31,39)/t12-,13+,16+,22+,29+/m1/s1. The summed E-state index contributed by atoms with van der Waals surface area (Å²) >= 11 is 0. The zero-order chi connectivity index (χ0) is 30.2. The number of amides is 1. The third-order valence-electron chi connectivity index (χ3n) is 9.07. The maximum atomic E-state index is 16.0. The van der Waals surface area contributed by atoms with Crippen LogP contribution in [0.1, 0.15) is 55.6 Å². The number of carbonyl (C=O) groups excluding carboxylic acids is 3. The number of benzene rings is 1. The molecule has 0 radical (unpaired) electrons. The van der Waals surface area contributed by atoms with Crippen LogP contribution >= 0.6 is 0 Å². The van der Waals surface area contributed by atoms with Crippen LogP contribution in [0.25, 0.3) is 0 Å². The van der Waals surface area contributed by atoms with Crippen LogP contribution < -0.4 is 5.73 Å². The topological polar surface area (TPSA) is 165 Å². The van der Waals surface area contributed by atoms with Crippen LogP contribution in [0.5, 0.6) is 5.75 Å². The number of phenols is 1. The van der Waals surface area contributed by atoms with E-state index in [0.717, 1.165) is 0 Å². The molecule has 0 heterocycles. The molecule has 1 aromatic carbocycles. The average molecular weight is 560 g/mol. The minimum atomic E-state index is -2.73. The van der Waals surface area contributed by atoms with Gasteiger partial charge in [0.2, 0.25) is 5.78 Å². The second kappa shape index (κ2) is 9.67. The molecule has 1 aromatic rings. The van der Waals surface area contributed by atoms with Crippen LogP contribution in [0.4, 0.5) is 4.39 Å². The first kappa shape index (κ1) is 29.7. The number of carbonyl (C=O) groups is 3. The van der Waals surface area contributed by atoms with Crippen molar-refractivity contribution in [1.29, 1.82) is 0 Å². The summed E-state index contributed by atoms with van der Waals surface area (Å²) in [7, 11) is 4.94. The number of aliphatic hydroxyl groups excluding tert-OH is 2. The van der Waals surface area contributed by atoms with Crippen LogP contribution in [0.2, 0.25) is 0 Å². The zero-order valence-corrected chi connectivity index (χ0v) is 23.9. The van der Waals surface area contributed by atoms with E-state index in [1.807, 2.05) is 18.9 Å². The average Bonchev–Trinajstić information content (AvgIpc) is 2.82. The second-order valence-corrected chi connectivity index (χ2v) is 12.6. The summed E-state index contributed by atoms with van der Waals surface area (Å²) < 4.78 is 16.0. The fourth-order valence-corrected chi connectivity index (χ4v) is 6.54. The maximum Gasteiger partial charge on any atom is 0.255 e. The summed E-state index contributed by atoms with van der Waals surface area (Å²) in [5.41, 5.74) is 1.17. The SMILES string of the molecule is C[C@@H](N(C)Cc1cc(O)c2c(c1F)C[C@H]1C[C@H]3[C@H](N(C)C)C(O)=C(C(N)=O)C(=O)[C@@]3(O)C(O)=C1C2=O)C(C)(C)C. The van der Waals surface area contributed by atoms with Gasteiger partial charge in [-0.05, 0) is 58.3 Å². The molecule has 10 nitrogen and oxygen atoms in total. The Morgan fingerprint density at radius 2 is 1.80 bits per heavy atom. The summed E-state index contributed by atoms with van der Waals surface area (Å²) in [6.07, 6.45) is -0.197. The van der Waals surface area contributed by atoms with Gasteiger partial charge in [0.15, 0.2) is 11.4 Å². The number of nitrogens with two attached hydrogens (primary N) is 1. The van der Waals surface area contributed by atoms with Crippen molar-refractivity contribution in [2.24, 2.45) is 23.0 Å². The monoisotopic (exact) mass is 559 g/mol. The number of aliphatic hydroxyl groups is 3. The first-order chi connectivity index (χ1) is 18.3. The highest BCUT2D eigenvalue weighted by Gasteiger charge is 2.63. The Morgan fingerprint density at radius 3 is 2.33 bits per heavy atom. The van der Waals surface area contributed by atoms with Crippen LogP contribution in [-0.4, -0.2) is 86.5 Å². The molecular weight excluding hydrogens is 521 g/mol. The highest BCUT2D eigenvalue weighted by molar-refractivity contribution is 6.24. The zero-order valence-electron chi connectivity index (χ0n) is 23.9. The van der Waals surface area contributed by atoms with Crippen molar-refractivity contribution in [2.45, 2.75) is 64.8 Å². The van der Waals surface area contributed by atoms with Gasteiger partial charge in [0.25, 0.3) is 5.91 Å². The van der Waals surface area contributed by atoms with Crippen LogP contribution in [0, 0.1) is 23.1 Å². The van der Waals surface area contributed by atoms with Gasteiger partial charge in [-0.15, -0.1) is 0 Å². The summed E-state index contributed by atoms with van der Waals surface area (Å²) in [5.74, 6) is -8.27. The van der Waals surface area contributed by atoms with E-state index in [0.29, 0.717) is 0 Å². The molecular formula is C29H38FN3O7. The van der Waals surface area contributed by atoms with E-state index in [1.165, 1.54) is 11.0 Å². The van der Waals surface area contributed by atoms with Crippen molar-refractivity contribution >= 4 is 17.5 Å². The molecule has 0 saturated heterocycles. The fraction of sp³-hybridized carbons (Fsp3) is 0.552. The smallest absolute Gasteiger partial charge is 0.255 e. The van der Waals surface area contributed by atoms with Gasteiger partial charge in [-0.25, -0.2) is 4.39 Å². The molecule has 0 unspecified atom stereocenters. The van der Waals surface area contributed by atoms with Gasteiger partial charge in [0.05, 0.1) is 11.6 Å². The lowest BCUT2D eigenvalue weighted by atomic mass is 9.58. The Morgan fingerprint density at radius 1 is 1.20 bits per heavy atom. The Bertz CT molecular complexity index is 1380. The number of likely N-dealkylation sites (N-methyl/N-ethyl adjacent to an activating group) is 1. The van der Waals surface area contributed by atoms with E-state index < -0.39 is 69.6 Å². The van der Waals surface area contributed by atoms with E-state index in [-0.39, 0.29) is 53.1 Å². The highest BCUT2D eigenvalue weighted by Crippen LogP contribution is 2.52. The van der Waals surface area contributed by atoms with Crippen molar-refractivity contribution < 1.29 is 39.2 Å². The largest absolute Gasteiger partial charge is 0.510 e. The number of Topliss-reactive ketones (excluding diaryl/α,β-unsaturated/α-hetero) is 2. The molecule has 218 valence electrons. The lowest BCUT2D eigenvalue weighted by Gasteiger charge is -2.50. The second-order valence-electron chi connectivity index (χ2n) is 12.6. The molecule has 11 heteroatoms. The number of nitrogens with zero attached hydrogens (tertiary/aromatic N) is 2. The number of fused-ring (bicyclic) bond motifs is 3. The molecule has 0 aromatic heterocycles. The van der Waals surface area contributed by atoms with E-state index in [9.17, 15) is 34.8 Å². The number of phenolic OH excluding ortho intramolecular Hbond substituents is 1. The summed E-state index contributed by atoms with van der Waals surface area (Å²) in [5, 5.41) is 44.7. The normalized spacial score (nSPS) is 27.6. The van der Waals surface area contributed by atoms with Crippen molar-refractivity contribution in [1.82, 2.24) is 9.80 Å². The quantitative estimate of drug-likeness (QED) is 0.340. The summed E-state index contributed by atoms with van der Waals surface area (Å²) in [6, 6.07) is 0.144. The number of rotatable bonds is 5. The number of hydrogen-bond acceptors (Lipinski definition) is 9. The maximum absolute atomic E-state index is 16.0. The van der Waals surface area contributed by atoms with Crippen molar-refractivity contribution in [3.8, 4) is 5.75 Å². The van der Waals surface area contributed by atoms with Gasteiger partial charge < -0.3 is 26.2 Å². The van der Waals surface area contributed by atoms with Crippen LogP contribution in [-0.2, 0) is 22.6 Å². The predicted octanol–water partition coefficient (Wildman–Crippen LogP) is 2.13. The van der Waals surface area contributed by atoms with Crippen molar-refractivity contribution in [3.05, 3.63) is 51.2 Å². The van der Waals surface area contributed by atoms with Crippen molar-refractivity contribution in [2.75, 3.05) is 21.1 Å². The van der Waals surface area contributed by atoms with Crippen LogP contribution in [0.15, 0.2) is 28.7 Å². The molecule has 40 heavy (non-hydrogen) atoms. The van der Waals surface area contributed by atoms with Gasteiger partial charge in [-0.1, -0.05) is 20.8 Å². The number of hydrogen-bond donors (Lipinski definition) is 5. The third-order valence-corrected chi connectivity index (χ3v) is 9.07. The molecule has 1 amide bonds. The molecule has 3 aliphatic rings. The van der Waals surface area contributed by atoms with Gasteiger partial charge in [-0.2, -0.15) is 0 Å². The van der Waals surface area contributed by atoms with Gasteiger partial charge >= 0.3 is 0 Å².